The molecule has 2 aromatic rings. The van der Waals surface area contributed by atoms with Crippen molar-refractivity contribution < 1.29 is 13.9 Å². The van der Waals surface area contributed by atoms with Gasteiger partial charge in [-0.15, -0.1) is 0 Å². The number of hydrogen-bond acceptors (Lipinski definition) is 6. The van der Waals surface area contributed by atoms with E-state index in [0.717, 1.165) is 26.1 Å². The highest BCUT2D eigenvalue weighted by atomic mass is 35.5. The summed E-state index contributed by atoms with van der Waals surface area (Å²) in [6.45, 7) is 8.78. The second kappa shape index (κ2) is 9.03. The van der Waals surface area contributed by atoms with Crippen LogP contribution in [0, 0.1) is 19.7 Å². The zero-order valence-corrected chi connectivity index (χ0v) is 19.2. The molecule has 9 heteroatoms. The van der Waals surface area contributed by atoms with E-state index in [-0.39, 0.29) is 30.9 Å². The summed E-state index contributed by atoms with van der Waals surface area (Å²) in [6.07, 6.45) is 1.01. The highest BCUT2D eigenvalue weighted by molar-refractivity contribution is 6.31. The van der Waals surface area contributed by atoms with Crippen molar-refractivity contribution in [2.75, 3.05) is 32.7 Å². The predicted octanol–water partition coefficient (Wildman–Crippen LogP) is 3.18. The molecule has 0 saturated carbocycles. The maximum absolute atomic E-state index is 13.9. The Hall–Kier alpha value is -2.71. The zero-order valence-electron chi connectivity index (χ0n) is 18.5. The number of amides is 1. The molecule has 3 heterocycles. The Kier molecular flexibility index (Phi) is 6.35. The highest BCUT2D eigenvalue weighted by Crippen LogP contribution is 2.30. The lowest BCUT2D eigenvalue weighted by molar-refractivity contribution is 0.0192. The predicted molar refractivity (Wildman–Crippen MR) is 121 cm³/mol. The quantitative estimate of drug-likeness (QED) is 0.714. The van der Waals surface area contributed by atoms with Crippen molar-refractivity contribution in [1.29, 1.82) is 0 Å². The van der Waals surface area contributed by atoms with Gasteiger partial charge in [-0.2, -0.15) is 0 Å². The van der Waals surface area contributed by atoms with Gasteiger partial charge in [0.2, 0.25) is 0 Å². The van der Waals surface area contributed by atoms with Crippen LogP contribution < -0.4 is 10.5 Å². The molecule has 4 rings (SSSR count). The van der Waals surface area contributed by atoms with Crippen molar-refractivity contribution >= 4 is 23.1 Å². The molecule has 1 aromatic carbocycles. The monoisotopic (exact) mass is 459 g/mol. The molecular formula is C23H27ClFN5O2. The lowest BCUT2D eigenvalue weighted by atomic mass is 10.1. The van der Waals surface area contributed by atoms with Gasteiger partial charge in [-0.3, -0.25) is 9.69 Å². The molecule has 1 aromatic heterocycles. The highest BCUT2D eigenvalue weighted by Gasteiger charge is 2.32. The third-order valence-corrected chi connectivity index (χ3v) is 6.32. The second-order valence-electron chi connectivity index (χ2n) is 8.34. The first-order valence-corrected chi connectivity index (χ1v) is 11.1. The van der Waals surface area contributed by atoms with Gasteiger partial charge in [-0.25, -0.2) is 14.4 Å². The van der Waals surface area contributed by atoms with E-state index >= 15 is 0 Å². The minimum atomic E-state index is -0.443. The van der Waals surface area contributed by atoms with Gasteiger partial charge < -0.3 is 15.4 Å². The van der Waals surface area contributed by atoms with Crippen molar-refractivity contribution in [1.82, 2.24) is 19.8 Å². The number of aromatic nitrogens is 2. The van der Waals surface area contributed by atoms with Gasteiger partial charge in [0.1, 0.15) is 17.7 Å². The molecule has 0 bridgehead atoms. The van der Waals surface area contributed by atoms with E-state index in [1.54, 1.807) is 18.7 Å². The average molecular weight is 460 g/mol. The van der Waals surface area contributed by atoms with Crippen LogP contribution in [0.5, 0.6) is 5.75 Å². The van der Waals surface area contributed by atoms with E-state index < -0.39 is 5.82 Å². The second-order valence-corrected chi connectivity index (χ2v) is 8.71. The van der Waals surface area contributed by atoms with Gasteiger partial charge in [0.25, 0.3) is 5.91 Å². The number of nitrogens with zero attached hydrogens (tertiary/aromatic N) is 4. The number of aryl methyl sites for hydroxylation is 2. The smallest absolute Gasteiger partial charge is 0.258 e. The summed E-state index contributed by atoms with van der Waals surface area (Å²) in [7, 11) is 0. The molecule has 170 valence electrons. The summed E-state index contributed by atoms with van der Waals surface area (Å²) in [4.78, 5) is 26.1. The van der Waals surface area contributed by atoms with Crippen molar-refractivity contribution in [3.8, 4) is 5.75 Å². The van der Waals surface area contributed by atoms with Crippen LogP contribution in [0.1, 0.15) is 40.9 Å². The van der Waals surface area contributed by atoms with E-state index in [1.807, 2.05) is 0 Å². The Morgan fingerprint density at radius 3 is 2.59 bits per heavy atom. The third kappa shape index (κ3) is 4.42. The molecule has 0 unspecified atom stereocenters. The third-order valence-electron chi connectivity index (χ3n) is 5.77. The molecule has 1 fully saturated rings. The molecule has 2 N–H and O–H groups in total. The maximum atomic E-state index is 13.9. The van der Waals surface area contributed by atoms with Crippen LogP contribution in [-0.2, 0) is 0 Å². The number of benzene rings is 1. The Morgan fingerprint density at radius 1 is 1.25 bits per heavy atom. The van der Waals surface area contributed by atoms with Gasteiger partial charge in [-0.05, 0) is 38.9 Å². The first-order chi connectivity index (χ1) is 15.3. The Morgan fingerprint density at radius 2 is 1.94 bits per heavy atom. The average Bonchev–Trinajstić information content (AvgIpc) is 3.11. The number of carbonyl (C=O) groups is 1. The van der Waals surface area contributed by atoms with Crippen LogP contribution in [0.25, 0.3) is 5.57 Å². The van der Waals surface area contributed by atoms with Crippen LogP contribution >= 0.6 is 11.6 Å². The number of rotatable bonds is 6. The molecule has 2 aliphatic rings. The Bertz CT molecular complexity index is 1060. The van der Waals surface area contributed by atoms with E-state index in [2.05, 4.69) is 21.8 Å². The van der Waals surface area contributed by atoms with Gasteiger partial charge in [0.05, 0.1) is 35.1 Å². The van der Waals surface area contributed by atoms with E-state index in [0.29, 0.717) is 39.1 Å². The number of carbonyl (C=O) groups excluding carboxylic acids is 1. The normalized spacial score (nSPS) is 17.1. The van der Waals surface area contributed by atoms with Crippen LogP contribution in [0.3, 0.4) is 0 Å². The molecule has 2 aliphatic heterocycles. The van der Waals surface area contributed by atoms with Gasteiger partial charge in [-0.1, -0.05) is 18.5 Å². The summed E-state index contributed by atoms with van der Waals surface area (Å²) in [5.74, 6) is 0.0162. The van der Waals surface area contributed by atoms with Crippen molar-refractivity contribution in [2.24, 2.45) is 5.73 Å². The zero-order chi connectivity index (χ0) is 23.0. The SMILES string of the molecule is CCCN1CC(Oc2cc(F)ccc2C(=O)N2CC(N)=C(c3nc(C)c(Cl)c(C)n3)C2)C1. The first kappa shape index (κ1) is 22.5. The summed E-state index contributed by atoms with van der Waals surface area (Å²) in [5.41, 5.74) is 9.10. The summed E-state index contributed by atoms with van der Waals surface area (Å²) in [6, 6.07) is 4.02. The minimum absolute atomic E-state index is 0.0550. The molecule has 32 heavy (non-hydrogen) atoms. The lowest BCUT2D eigenvalue weighted by Gasteiger charge is -2.39. The molecular weight excluding hydrogens is 433 g/mol. The molecule has 0 atom stereocenters. The number of halogens is 2. The Labute approximate surface area is 192 Å². The standard InChI is InChI=1S/C23H27ClFN5O2/c1-4-7-29-9-16(10-29)32-20-8-15(25)5-6-17(20)23(31)30-11-18(19(26)12-30)22-27-13(2)21(24)14(3)28-22/h5-6,8,16H,4,7,9-12,26H2,1-3H3. The van der Waals surface area contributed by atoms with Gasteiger partial charge in [0.15, 0.2) is 5.82 Å². The fourth-order valence-electron chi connectivity index (χ4n) is 4.06. The van der Waals surface area contributed by atoms with Crippen molar-refractivity contribution in [3.05, 3.63) is 57.5 Å². The molecule has 0 aliphatic carbocycles. The van der Waals surface area contributed by atoms with Crippen molar-refractivity contribution in [2.45, 2.75) is 33.3 Å². The topological polar surface area (TPSA) is 84.6 Å². The number of ether oxygens (including phenoxy) is 1. The summed E-state index contributed by atoms with van der Waals surface area (Å²) < 4.78 is 19.9. The fourth-order valence-corrected chi connectivity index (χ4v) is 4.15. The first-order valence-electron chi connectivity index (χ1n) is 10.7. The minimum Gasteiger partial charge on any atom is -0.487 e. The van der Waals surface area contributed by atoms with E-state index in [1.165, 1.54) is 18.2 Å². The summed E-state index contributed by atoms with van der Waals surface area (Å²) in [5, 5.41) is 0.514. The lowest BCUT2D eigenvalue weighted by Crippen LogP contribution is -2.53. The molecule has 7 nitrogen and oxygen atoms in total. The van der Waals surface area contributed by atoms with Crippen LogP contribution in [0.2, 0.25) is 5.02 Å². The summed E-state index contributed by atoms with van der Waals surface area (Å²) >= 11 is 6.18. The maximum Gasteiger partial charge on any atom is 0.258 e. The molecule has 0 spiro atoms. The van der Waals surface area contributed by atoms with Crippen molar-refractivity contribution in [3.63, 3.8) is 0 Å². The van der Waals surface area contributed by atoms with Crippen LogP contribution in [0.15, 0.2) is 23.9 Å². The van der Waals surface area contributed by atoms with Crippen LogP contribution in [0.4, 0.5) is 4.39 Å². The molecule has 0 radical (unpaired) electrons. The number of likely N-dealkylation sites (tertiary alicyclic amines) is 1. The van der Waals surface area contributed by atoms with Gasteiger partial charge in [0, 0.05) is 30.4 Å². The van der Waals surface area contributed by atoms with Crippen LogP contribution in [-0.4, -0.2) is 64.5 Å². The van der Waals surface area contributed by atoms with E-state index in [4.69, 9.17) is 22.1 Å². The Balaban J connectivity index is 1.51. The fraction of sp³-hybridized carbons (Fsp3) is 0.435. The number of hydrogen-bond donors (Lipinski definition) is 1. The van der Waals surface area contributed by atoms with E-state index in [9.17, 15) is 9.18 Å². The number of nitrogens with two attached hydrogens (primary N) is 1. The molecule has 1 amide bonds. The molecule has 1 saturated heterocycles. The van der Waals surface area contributed by atoms with Gasteiger partial charge >= 0.3 is 0 Å². The largest absolute Gasteiger partial charge is 0.487 e.